The lowest BCUT2D eigenvalue weighted by molar-refractivity contribution is 0.0641. The van der Waals surface area contributed by atoms with E-state index in [4.69, 9.17) is 0 Å². The molecule has 5 heteroatoms. The summed E-state index contributed by atoms with van der Waals surface area (Å²) in [5.41, 5.74) is 0.868. The third-order valence-electron chi connectivity index (χ3n) is 5.05. The van der Waals surface area contributed by atoms with Gasteiger partial charge in [0, 0.05) is 29.7 Å². The van der Waals surface area contributed by atoms with Crippen molar-refractivity contribution >= 4 is 38.2 Å². The van der Waals surface area contributed by atoms with E-state index in [-0.39, 0.29) is 17.5 Å². The smallest absolute Gasteiger partial charge is 0.264 e. The number of hydrogen-bond donors (Lipinski definition) is 0. The first-order valence-corrected chi connectivity index (χ1v) is 9.22. The highest BCUT2D eigenvalue weighted by Crippen LogP contribution is 2.32. The third kappa shape index (κ3) is 2.26. The number of benzene rings is 1. The van der Waals surface area contributed by atoms with Gasteiger partial charge in [0.1, 0.15) is 0 Å². The zero-order chi connectivity index (χ0) is 16.8. The Labute approximate surface area is 144 Å². The molecule has 4 nitrogen and oxygen atoms in total. The van der Waals surface area contributed by atoms with Crippen LogP contribution in [-0.4, -0.2) is 28.0 Å². The maximum atomic E-state index is 12.9. The number of likely N-dealkylation sites (tertiary alicyclic amines) is 1. The molecule has 0 radical (unpaired) electrons. The molecule has 24 heavy (non-hydrogen) atoms. The van der Waals surface area contributed by atoms with Crippen molar-refractivity contribution in [3.63, 3.8) is 0 Å². The molecule has 1 atom stereocenters. The number of rotatable bonds is 1. The molecule has 1 saturated heterocycles. The molecule has 1 fully saturated rings. The van der Waals surface area contributed by atoms with Gasteiger partial charge in [-0.15, -0.1) is 11.3 Å². The van der Waals surface area contributed by atoms with Crippen LogP contribution in [0.25, 0.3) is 21.0 Å². The van der Waals surface area contributed by atoms with Crippen molar-refractivity contribution < 1.29 is 4.79 Å². The zero-order valence-corrected chi connectivity index (χ0v) is 14.7. The van der Waals surface area contributed by atoms with E-state index >= 15 is 0 Å². The summed E-state index contributed by atoms with van der Waals surface area (Å²) >= 11 is 1.45. The minimum Gasteiger partial charge on any atom is -0.335 e. The lowest BCUT2D eigenvalue weighted by Gasteiger charge is -2.33. The van der Waals surface area contributed by atoms with Crippen molar-refractivity contribution in [1.82, 2.24) is 9.47 Å². The molecule has 0 saturated carbocycles. The van der Waals surface area contributed by atoms with Gasteiger partial charge in [-0.1, -0.05) is 18.2 Å². The molecule has 0 N–H and O–H groups in total. The highest BCUT2D eigenvalue weighted by atomic mass is 32.1. The fraction of sp³-hybridized carbons (Fsp3) is 0.368. The first-order chi connectivity index (χ1) is 11.6. The highest BCUT2D eigenvalue weighted by Gasteiger charge is 2.26. The van der Waals surface area contributed by atoms with Gasteiger partial charge in [0.25, 0.3) is 11.5 Å². The van der Waals surface area contributed by atoms with Crippen LogP contribution < -0.4 is 5.56 Å². The highest BCUT2D eigenvalue weighted by molar-refractivity contribution is 7.21. The van der Waals surface area contributed by atoms with Gasteiger partial charge in [-0.25, -0.2) is 0 Å². The van der Waals surface area contributed by atoms with E-state index < -0.39 is 0 Å². The summed E-state index contributed by atoms with van der Waals surface area (Å²) < 4.78 is 2.59. The number of hydrogen-bond acceptors (Lipinski definition) is 3. The van der Waals surface area contributed by atoms with Crippen LogP contribution in [0.1, 0.15) is 35.9 Å². The lowest BCUT2D eigenvalue weighted by atomic mass is 10.0. The summed E-state index contributed by atoms with van der Waals surface area (Å²) in [6.45, 7) is 2.92. The molecule has 2 aromatic heterocycles. The van der Waals surface area contributed by atoms with Crippen LogP contribution in [0.5, 0.6) is 0 Å². The molecule has 1 aliphatic heterocycles. The molecule has 4 rings (SSSR count). The first kappa shape index (κ1) is 15.4. The number of aromatic nitrogens is 1. The maximum Gasteiger partial charge on any atom is 0.264 e. The Morgan fingerprint density at radius 2 is 2.00 bits per heavy atom. The number of amides is 1. The number of carbonyl (C=O) groups excluding carboxylic acids is 1. The predicted octanol–water partition coefficient (Wildman–Crippen LogP) is 3.77. The summed E-state index contributed by atoms with van der Waals surface area (Å²) in [6.07, 6.45) is 3.30. The number of fused-ring (bicyclic) bond motifs is 3. The molecule has 0 bridgehead atoms. The quantitative estimate of drug-likeness (QED) is 0.677. The van der Waals surface area contributed by atoms with E-state index in [2.05, 4.69) is 6.92 Å². The van der Waals surface area contributed by atoms with Crippen LogP contribution in [0.2, 0.25) is 0 Å². The number of thiophene rings is 1. The van der Waals surface area contributed by atoms with Crippen molar-refractivity contribution in [3.05, 3.63) is 45.6 Å². The second kappa shape index (κ2) is 5.74. The third-order valence-corrected chi connectivity index (χ3v) is 6.21. The van der Waals surface area contributed by atoms with Gasteiger partial charge < -0.3 is 9.47 Å². The van der Waals surface area contributed by atoms with Gasteiger partial charge >= 0.3 is 0 Å². The molecule has 3 aromatic rings. The Balaban J connectivity index is 1.89. The van der Waals surface area contributed by atoms with Crippen LogP contribution >= 0.6 is 11.3 Å². The van der Waals surface area contributed by atoms with E-state index in [0.717, 1.165) is 35.0 Å². The summed E-state index contributed by atoms with van der Waals surface area (Å²) in [6, 6.07) is 9.94. The lowest BCUT2D eigenvalue weighted by Crippen LogP contribution is -2.41. The average Bonchev–Trinajstić information content (AvgIpc) is 3.05. The van der Waals surface area contributed by atoms with Crippen molar-refractivity contribution in [2.24, 2.45) is 7.05 Å². The molecule has 1 amide bonds. The Morgan fingerprint density at radius 1 is 1.21 bits per heavy atom. The summed E-state index contributed by atoms with van der Waals surface area (Å²) in [7, 11) is 1.79. The number of carbonyl (C=O) groups is 1. The first-order valence-electron chi connectivity index (χ1n) is 8.40. The Morgan fingerprint density at radius 3 is 2.79 bits per heavy atom. The fourth-order valence-corrected chi connectivity index (χ4v) is 4.78. The Hall–Kier alpha value is -2.14. The topological polar surface area (TPSA) is 42.3 Å². The Bertz CT molecular complexity index is 1000. The van der Waals surface area contributed by atoms with Crippen LogP contribution in [0, 0.1) is 0 Å². The second-order valence-corrected chi connectivity index (χ2v) is 7.63. The summed E-state index contributed by atoms with van der Waals surface area (Å²) in [4.78, 5) is 28.2. The minimum absolute atomic E-state index is 0.0364. The molecule has 1 unspecified atom stereocenters. The average molecular weight is 340 g/mol. The second-order valence-electron chi connectivity index (χ2n) is 6.58. The monoisotopic (exact) mass is 340 g/mol. The van der Waals surface area contributed by atoms with E-state index in [1.807, 2.05) is 29.2 Å². The van der Waals surface area contributed by atoms with Crippen LogP contribution in [0.4, 0.5) is 0 Å². The molecule has 124 valence electrons. The van der Waals surface area contributed by atoms with Crippen molar-refractivity contribution in [2.75, 3.05) is 6.54 Å². The van der Waals surface area contributed by atoms with Gasteiger partial charge in [-0.2, -0.15) is 0 Å². The van der Waals surface area contributed by atoms with Crippen LogP contribution in [0.15, 0.2) is 35.1 Å². The molecular formula is C19H20N2O2S. The van der Waals surface area contributed by atoms with Crippen molar-refractivity contribution in [3.8, 4) is 0 Å². The predicted molar refractivity (Wildman–Crippen MR) is 98.9 cm³/mol. The van der Waals surface area contributed by atoms with Crippen LogP contribution in [0.3, 0.4) is 0 Å². The van der Waals surface area contributed by atoms with Gasteiger partial charge in [-0.3, -0.25) is 9.59 Å². The number of aryl methyl sites for hydroxylation is 1. The molecule has 1 aromatic carbocycles. The number of nitrogens with zero attached hydrogens (tertiary/aromatic N) is 2. The van der Waals surface area contributed by atoms with Gasteiger partial charge in [0.15, 0.2) is 0 Å². The standard InChI is InChI=1S/C19H20N2O2S/c1-12-7-5-6-10-21(12)19(23)16-11-14-17(24-16)13-8-3-4-9-15(13)20(2)18(14)22/h3-4,8-9,11-12H,5-7,10H2,1-2H3. The van der Waals surface area contributed by atoms with Crippen LogP contribution in [-0.2, 0) is 7.05 Å². The largest absolute Gasteiger partial charge is 0.335 e. The number of pyridine rings is 1. The maximum absolute atomic E-state index is 12.9. The summed E-state index contributed by atoms with van der Waals surface area (Å²) in [5.74, 6) is 0.0644. The van der Waals surface area contributed by atoms with E-state index in [1.165, 1.54) is 17.8 Å². The van der Waals surface area contributed by atoms with E-state index in [0.29, 0.717) is 10.3 Å². The fourth-order valence-electron chi connectivity index (χ4n) is 3.64. The van der Waals surface area contributed by atoms with E-state index in [9.17, 15) is 9.59 Å². The molecule has 0 aliphatic carbocycles. The number of para-hydroxylation sites is 1. The minimum atomic E-state index is -0.0364. The zero-order valence-electron chi connectivity index (χ0n) is 13.9. The SMILES string of the molecule is CC1CCCCN1C(=O)c1cc2c(=O)n(C)c3ccccc3c2s1. The van der Waals surface area contributed by atoms with Crippen molar-refractivity contribution in [2.45, 2.75) is 32.2 Å². The van der Waals surface area contributed by atoms with Crippen molar-refractivity contribution in [1.29, 1.82) is 0 Å². The normalized spacial score (nSPS) is 18.4. The molecule has 1 aliphatic rings. The van der Waals surface area contributed by atoms with Gasteiger partial charge in [-0.05, 0) is 38.3 Å². The van der Waals surface area contributed by atoms with Gasteiger partial charge in [0.2, 0.25) is 0 Å². The number of piperidine rings is 1. The van der Waals surface area contributed by atoms with E-state index in [1.54, 1.807) is 17.7 Å². The Kier molecular flexibility index (Phi) is 3.68. The summed E-state index contributed by atoms with van der Waals surface area (Å²) in [5, 5.41) is 1.68. The molecule has 0 spiro atoms. The molecular weight excluding hydrogens is 320 g/mol. The van der Waals surface area contributed by atoms with Gasteiger partial charge in [0.05, 0.1) is 15.8 Å². The molecule has 3 heterocycles.